The van der Waals surface area contributed by atoms with Gasteiger partial charge in [0, 0.05) is 0 Å². The number of hydrogen-bond acceptors (Lipinski definition) is 7. The van der Waals surface area contributed by atoms with Crippen molar-refractivity contribution in [2.45, 2.75) is 13.8 Å². The largest absolute Gasteiger partial charge is 0.497 e. The van der Waals surface area contributed by atoms with Crippen molar-refractivity contribution in [2.24, 2.45) is 0 Å². The van der Waals surface area contributed by atoms with Gasteiger partial charge in [-0.05, 0) is 26.0 Å². The minimum Gasteiger partial charge on any atom is -0.301 e. The van der Waals surface area contributed by atoms with Gasteiger partial charge in [-0.1, -0.05) is 12.1 Å². The van der Waals surface area contributed by atoms with E-state index in [1.165, 1.54) is 0 Å². The Morgan fingerprint density at radius 3 is 2.50 bits per heavy atom. The van der Waals surface area contributed by atoms with Gasteiger partial charge in [0.2, 0.25) is 0 Å². The zero-order valence-electron chi connectivity index (χ0n) is 11.2. The Morgan fingerprint density at radius 1 is 1.20 bits per heavy atom. The average molecular weight is 301 g/mol. The van der Waals surface area contributed by atoms with Gasteiger partial charge in [-0.2, -0.15) is 0 Å². The van der Waals surface area contributed by atoms with Gasteiger partial charge in [-0.3, -0.25) is 13.8 Å². The van der Waals surface area contributed by atoms with Crippen molar-refractivity contribution >= 4 is 19.4 Å². The van der Waals surface area contributed by atoms with Crippen LogP contribution >= 0.6 is 7.82 Å². The number of hydrogen-bond donors (Lipinski definition) is 2. The van der Waals surface area contributed by atoms with E-state index >= 15 is 0 Å². The van der Waals surface area contributed by atoms with Crippen molar-refractivity contribution in [3.8, 4) is 0 Å². The van der Waals surface area contributed by atoms with Crippen LogP contribution in [-0.2, 0) is 18.2 Å². The van der Waals surface area contributed by atoms with Gasteiger partial charge in [-0.25, -0.2) is 4.57 Å². The normalized spacial score (nSPS) is 14.9. The molecule has 1 aliphatic rings. The number of fused-ring (bicyclic) bond motifs is 1. The van der Waals surface area contributed by atoms with Gasteiger partial charge in [0.05, 0.1) is 24.5 Å². The van der Waals surface area contributed by atoms with Gasteiger partial charge in [0.15, 0.2) is 0 Å². The Bertz CT molecular complexity index is 529. The number of hydroxylamine groups is 1. The molecular weight excluding hydrogens is 285 g/mol. The number of phosphoric ester groups is 1. The summed E-state index contributed by atoms with van der Waals surface area (Å²) in [6, 6.07) is 6.84. The van der Waals surface area contributed by atoms with Crippen molar-refractivity contribution in [2.75, 3.05) is 18.6 Å². The van der Waals surface area contributed by atoms with E-state index in [0.29, 0.717) is 16.4 Å². The van der Waals surface area contributed by atoms with Crippen molar-refractivity contribution in [1.82, 2.24) is 10.7 Å². The quantitative estimate of drug-likeness (QED) is 0.777. The summed E-state index contributed by atoms with van der Waals surface area (Å²) in [6.07, 6.45) is 0. The van der Waals surface area contributed by atoms with E-state index in [4.69, 9.17) is 13.7 Å². The molecule has 8 nitrogen and oxygen atoms in total. The summed E-state index contributed by atoms with van der Waals surface area (Å²) in [5, 5.41) is 0.703. The summed E-state index contributed by atoms with van der Waals surface area (Å²) >= 11 is 0. The van der Waals surface area contributed by atoms with Crippen molar-refractivity contribution < 1.29 is 23.0 Å². The number of phosphoric acid groups is 1. The molecule has 1 aromatic carbocycles. The van der Waals surface area contributed by atoms with E-state index in [0.717, 1.165) is 0 Å². The summed E-state index contributed by atoms with van der Waals surface area (Å²) in [6.45, 7) is 3.55. The Labute approximate surface area is 116 Å². The predicted molar refractivity (Wildman–Crippen MR) is 71.3 cm³/mol. The molecule has 9 heteroatoms. The van der Waals surface area contributed by atoms with Crippen LogP contribution in [0, 0.1) is 0 Å². The SMILES string of the molecule is CCOP(=O)(OCC)ON1NNc2ccccc2C1=O. The number of nitrogens with one attached hydrogen (secondary N) is 2. The monoisotopic (exact) mass is 301 g/mol. The molecule has 0 unspecified atom stereocenters. The molecule has 110 valence electrons. The lowest BCUT2D eigenvalue weighted by atomic mass is 10.1. The van der Waals surface area contributed by atoms with Gasteiger partial charge < -0.3 is 5.43 Å². The smallest absolute Gasteiger partial charge is 0.301 e. The summed E-state index contributed by atoms with van der Waals surface area (Å²) in [4.78, 5) is 12.2. The molecule has 0 atom stereocenters. The Hall–Kier alpha value is -1.44. The maximum atomic E-state index is 12.2. The lowest BCUT2D eigenvalue weighted by molar-refractivity contribution is -0.0938. The topological polar surface area (TPSA) is 89.1 Å². The maximum absolute atomic E-state index is 12.2. The molecule has 0 aromatic heterocycles. The highest BCUT2D eigenvalue weighted by molar-refractivity contribution is 7.48. The fourth-order valence-corrected chi connectivity index (χ4v) is 2.72. The molecule has 1 aliphatic heterocycles. The number of para-hydroxylation sites is 1. The summed E-state index contributed by atoms with van der Waals surface area (Å²) in [5.74, 6) is -0.501. The number of hydrazine groups is 2. The highest BCUT2D eigenvalue weighted by atomic mass is 31.2. The number of carbonyl (C=O) groups is 1. The Morgan fingerprint density at radius 2 is 1.85 bits per heavy atom. The molecule has 1 amide bonds. The van der Waals surface area contributed by atoms with Crippen LogP contribution in [0.25, 0.3) is 0 Å². The fourth-order valence-electron chi connectivity index (χ4n) is 1.61. The fraction of sp³-hybridized carbons (Fsp3) is 0.364. The zero-order valence-corrected chi connectivity index (χ0v) is 12.1. The molecule has 2 rings (SSSR count). The molecule has 1 aromatic rings. The molecule has 20 heavy (non-hydrogen) atoms. The molecule has 0 saturated heterocycles. The van der Waals surface area contributed by atoms with Crippen LogP contribution in [0.15, 0.2) is 24.3 Å². The summed E-state index contributed by atoms with van der Waals surface area (Å²) in [7, 11) is -3.83. The van der Waals surface area contributed by atoms with E-state index in [9.17, 15) is 9.36 Å². The van der Waals surface area contributed by atoms with E-state index in [1.54, 1.807) is 38.1 Å². The number of nitrogens with zero attached hydrogens (tertiary/aromatic N) is 1. The molecule has 0 saturated carbocycles. The summed E-state index contributed by atoms with van der Waals surface area (Å²) in [5.41, 5.74) is 6.20. The van der Waals surface area contributed by atoms with E-state index in [2.05, 4.69) is 11.0 Å². The third kappa shape index (κ3) is 3.17. The van der Waals surface area contributed by atoms with Gasteiger partial charge in [-0.15, -0.1) is 15.3 Å². The second-order valence-electron chi connectivity index (χ2n) is 3.75. The van der Waals surface area contributed by atoms with E-state index < -0.39 is 13.7 Å². The lowest BCUT2D eigenvalue weighted by Gasteiger charge is -2.30. The molecule has 2 N–H and O–H groups in total. The summed E-state index contributed by atoms with van der Waals surface area (Å²) < 4.78 is 27.2. The third-order valence-electron chi connectivity index (χ3n) is 2.39. The van der Waals surface area contributed by atoms with Crippen LogP contribution in [0.5, 0.6) is 0 Å². The number of carbonyl (C=O) groups excluding carboxylic acids is 1. The first-order valence-corrected chi connectivity index (χ1v) is 7.59. The number of anilines is 1. The lowest BCUT2D eigenvalue weighted by Crippen LogP contribution is -2.49. The first-order valence-electron chi connectivity index (χ1n) is 6.13. The van der Waals surface area contributed by atoms with Crippen LogP contribution in [0.4, 0.5) is 5.69 Å². The van der Waals surface area contributed by atoms with Gasteiger partial charge in [0.25, 0.3) is 5.91 Å². The molecule has 0 radical (unpaired) electrons. The zero-order chi connectivity index (χ0) is 14.6. The van der Waals surface area contributed by atoms with E-state index in [1.807, 2.05) is 0 Å². The molecule has 0 bridgehead atoms. The van der Waals surface area contributed by atoms with Crippen LogP contribution in [0.1, 0.15) is 24.2 Å². The third-order valence-corrected chi connectivity index (χ3v) is 3.90. The predicted octanol–water partition coefficient (Wildman–Crippen LogP) is 2.09. The molecule has 0 spiro atoms. The first-order chi connectivity index (χ1) is 9.59. The van der Waals surface area contributed by atoms with Gasteiger partial charge in [0.1, 0.15) is 0 Å². The maximum Gasteiger partial charge on any atom is 0.497 e. The highest BCUT2D eigenvalue weighted by Crippen LogP contribution is 2.50. The minimum absolute atomic E-state index is 0.128. The minimum atomic E-state index is -3.83. The number of benzene rings is 1. The second kappa shape index (κ2) is 6.34. The van der Waals surface area contributed by atoms with Crippen LogP contribution < -0.4 is 11.0 Å². The molecule has 0 fully saturated rings. The van der Waals surface area contributed by atoms with E-state index in [-0.39, 0.29) is 13.2 Å². The first kappa shape index (κ1) is 15.0. The Balaban J connectivity index is 2.15. The highest BCUT2D eigenvalue weighted by Gasteiger charge is 2.35. The van der Waals surface area contributed by atoms with Crippen molar-refractivity contribution in [3.63, 3.8) is 0 Å². The van der Waals surface area contributed by atoms with Crippen molar-refractivity contribution in [3.05, 3.63) is 29.8 Å². The number of rotatable bonds is 6. The van der Waals surface area contributed by atoms with Crippen LogP contribution in [-0.4, -0.2) is 24.3 Å². The van der Waals surface area contributed by atoms with Crippen LogP contribution in [0.3, 0.4) is 0 Å². The average Bonchev–Trinajstić information content (AvgIpc) is 2.43. The molecular formula is C11H16N3O5P. The molecule has 0 aliphatic carbocycles. The number of amides is 1. The standard InChI is InChI=1S/C11H16N3O5P/c1-3-17-20(16,18-4-2)19-14-11(15)9-7-5-6-8-10(9)12-13-14/h5-8,12-13H,3-4H2,1-2H3. The van der Waals surface area contributed by atoms with Crippen molar-refractivity contribution in [1.29, 1.82) is 0 Å². The van der Waals surface area contributed by atoms with Gasteiger partial charge >= 0.3 is 7.82 Å². The second-order valence-corrected chi connectivity index (χ2v) is 5.32. The van der Waals surface area contributed by atoms with Crippen LogP contribution in [0.2, 0.25) is 0 Å². The Kier molecular flexibility index (Phi) is 4.74. The molecule has 1 heterocycles.